The Morgan fingerprint density at radius 3 is 2.44 bits per heavy atom. The molecular weight excluding hydrogens is 426 g/mol. The number of rotatable bonds is 7. The molecule has 0 bridgehead atoms. The minimum Gasteiger partial charge on any atom is -0.326 e. The van der Waals surface area contributed by atoms with E-state index in [0.717, 1.165) is 11.1 Å². The zero-order valence-electron chi connectivity index (χ0n) is 18.8. The van der Waals surface area contributed by atoms with Crippen LogP contribution in [0.4, 0.5) is 5.69 Å². The maximum absolute atomic E-state index is 13.0. The van der Waals surface area contributed by atoms with E-state index in [1.54, 1.807) is 44.0 Å². The Morgan fingerprint density at radius 2 is 1.78 bits per heavy atom. The molecule has 1 aliphatic heterocycles. The van der Waals surface area contributed by atoms with E-state index in [1.165, 1.54) is 17.3 Å². The first-order valence-corrected chi connectivity index (χ1v) is 12.1. The molecule has 0 radical (unpaired) electrons. The van der Waals surface area contributed by atoms with Gasteiger partial charge in [0.2, 0.25) is 21.8 Å². The van der Waals surface area contributed by atoms with Crippen LogP contribution >= 0.6 is 0 Å². The molecule has 8 heteroatoms. The van der Waals surface area contributed by atoms with Gasteiger partial charge in [0.1, 0.15) is 0 Å². The maximum atomic E-state index is 13.0. The molecule has 0 saturated heterocycles. The van der Waals surface area contributed by atoms with Gasteiger partial charge in [-0.15, -0.1) is 0 Å². The SMILES string of the molecule is CCN(CC)S(=O)(=O)c1cc(NC(=O)C[C@H]2c3ccccc3C=CN2C(C)=O)ccc1C. The summed E-state index contributed by atoms with van der Waals surface area (Å²) in [7, 11) is -3.66. The fourth-order valence-corrected chi connectivity index (χ4v) is 5.67. The highest BCUT2D eigenvalue weighted by Gasteiger charge is 2.29. The third-order valence-electron chi connectivity index (χ3n) is 5.64. The molecule has 0 saturated carbocycles. The first kappa shape index (κ1) is 23.7. The fraction of sp³-hybridized carbons (Fsp3) is 0.333. The first-order valence-electron chi connectivity index (χ1n) is 10.7. The zero-order valence-corrected chi connectivity index (χ0v) is 19.6. The summed E-state index contributed by atoms with van der Waals surface area (Å²) in [6.45, 7) is 7.51. The Hall–Kier alpha value is -2.97. The molecule has 2 aromatic rings. The van der Waals surface area contributed by atoms with Gasteiger partial charge < -0.3 is 10.2 Å². The second-order valence-electron chi connectivity index (χ2n) is 7.71. The lowest BCUT2D eigenvalue weighted by Crippen LogP contribution is -2.33. The summed E-state index contributed by atoms with van der Waals surface area (Å²) in [6, 6.07) is 12.1. The Labute approximate surface area is 189 Å². The van der Waals surface area contributed by atoms with Crippen LogP contribution in [0.2, 0.25) is 0 Å². The number of carbonyl (C=O) groups excluding carboxylic acids is 2. The van der Waals surface area contributed by atoms with E-state index in [-0.39, 0.29) is 23.1 Å². The van der Waals surface area contributed by atoms with E-state index < -0.39 is 16.1 Å². The normalized spacial score (nSPS) is 15.5. The van der Waals surface area contributed by atoms with Crippen molar-refractivity contribution in [2.45, 2.75) is 45.1 Å². The number of hydrogen-bond acceptors (Lipinski definition) is 4. The third kappa shape index (κ3) is 4.76. The van der Waals surface area contributed by atoms with E-state index in [4.69, 9.17) is 0 Å². The van der Waals surface area contributed by atoms with E-state index in [2.05, 4.69) is 5.32 Å². The van der Waals surface area contributed by atoms with Gasteiger partial charge in [0, 0.05) is 31.9 Å². The molecule has 1 N–H and O–H groups in total. The maximum Gasteiger partial charge on any atom is 0.243 e. The molecule has 32 heavy (non-hydrogen) atoms. The van der Waals surface area contributed by atoms with Gasteiger partial charge in [-0.3, -0.25) is 9.59 Å². The van der Waals surface area contributed by atoms with Crippen LogP contribution < -0.4 is 5.32 Å². The minimum atomic E-state index is -3.66. The van der Waals surface area contributed by atoms with E-state index in [1.807, 2.05) is 30.3 Å². The van der Waals surface area contributed by atoms with Crippen molar-refractivity contribution < 1.29 is 18.0 Å². The van der Waals surface area contributed by atoms with Crippen molar-refractivity contribution in [1.29, 1.82) is 0 Å². The van der Waals surface area contributed by atoms with Gasteiger partial charge in [0.05, 0.1) is 17.4 Å². The van der Waals surface area contributed by atoms with E-state index >= 15 is 0 Å². The van der Waals surface area contributed by atoms with Crippen molar-refractivity contribution in [3.05, 3.63) is 65.4 Å². The zero-order chi connectivity index (χ0) is 23.5. The van der Waals surface area contributed by atoms with Crippen LogP contribution in [0.25, 0.3) is 6.08 Å². The number of fused-ring (bicyclic) bond motifs is 1. The van der Waals surface area contributed by atoms with Gasteiger partial charge in [0.15, 0.2) is 0 Å². The van der Waals surface area contributed by atoms with Crippen molar-refractivity contribution >= 4 is 33.6 Å². The first-order chi connectivity index (χ1) is 15.2. The van der Waals surface area contributed by atoms with E-state index in [9.17, 15) is 18.0 Å². The summed E-state index contributed by atoms with van der Waals surface area (Å²) in [4.78, 5) is 26.8. The third-order valence-corrected chi connectivity index (χ3v) is 7.83. The molecule has 0 spiro atoms. The molecule has 0 aromatic heterocycles. The average Bonchev–Trinajstić information content (AvgIpc) is 2.75. The molecule has 2 amide bonds. The van der Waals surface area contributed by atoms with Crippen LogP contribution in [0.1, 0.15) is 49.9 Å². The van der Waals surface area contributed by atoms with Gasteiger partial charge in [0.25, 0.3) is 0 Å². The molecule has 0 unspecified atom stereocenters. The number of aryl methyl sites for hydroxylation is 1. The predicted molar refractivity (Wildman–Crippen MR) is 125 cm³/mol. The molecule has 1 heterocycles. The van der Waals surface area contributed by atoms with Crippen molar-refractivity contribution in [2.75, 3.05) is 18.4 Å². The Kier molecular flexibility index (Phi) is 7.16. The minimum absolute atomic E-state index is 0.0485. The van der Waals surface area contributed by atoms with Crippen molar-refractivity contribution in [3.63, 3.8) is 0 Å². The Balaban J connectivity index is 1.85. The largest absolute Gasteiger partial charge is 0.326 e. The number of carbonyl (C=O) groups is 2. The quantitative estimate of drug-likeness (QED) is 0.685. The van der Waals surface area contributed by atoms with Crippen LogP contribution in [-0.4, -0.2) is 42.5 Å². The number of benzene rings is 2. The summed E-state index contributed by atoms with van der Waals surface area (Å²) < 4.78 is 27.4. The lowest BCUT2D eigenvalue weighted by Gasteiger charge is -2.32. The molecule has 1 aliphatic rings. The smallest absolute Gasteiger partial charge is 0.243 e. The monoisotopic (exact) mass is 455 g/mol. The number of amides is 2. The summed E-state index contributed by atoms with van der Waals surface area (Å²) in [5.74, 6) is -0.460. The predicted octanol–water partition coefficient (Wildman–Crippen LogP) is 3.93. The standard InChI is InChI=1S/C24H29N3O4S/c1-5-26(6-2)32(30,31)23-15-20(12-11-17(23)3)25-24(29)16-22-21-10-8-7-9-19(21)13-14-27(22)18(4)28/h7-15,22H,5-6,16H2,1-4H3,(H,25,29)/t22-/m0/s1. The van der Waals surface area contributed by atoms with Crippen LogP contribution in [0, 0.1) is 6.92 Å². The number of nitrogens with one attached hydrogen (secondary N) is 1. The molecule has 2 aromatic carbocycles. The van der Waals surface area contributed by atoms with Crippen LogP contribution in [0.15, 0.2) is 53.6 Å². The van der Waals surface area contributed by atoms with Gasteiger partial charge in [-0.05, 0) is 41.8 Å². The average molecular weight is 456 g/mol. The molecule has 3 rings (SSSR count). The lowest BCUT2D eigenvalue weighted by atomic mass is 9.93. The summed E-state index contributed by atoms with van der Waals surface area (Å²) in [5.41, 5.74) is 2.88. The number of anilines is 1. The molecule has 170 valence electrons. The second kappa shape index (κ2) is 9.67. The molecule has 0 fully saturated rings. The topological polar surface area (TPSA) is 86.8 Å². The number of hydrogen-bond donors (Lipinski definition) is 1. The summed E-state index contributed by atoms with van der Waals surface area (Å²) >= 11 is 0. The molecule has 7 nitrogen and oxygen atoms in total. The number of sulfonamides is 1. The fourth-order valence-electron chi connectivity index (χ4n) is 3.96. The highest BCUT2D eigenvalue weighted by Crippen LogP contribution is 2.33. The van der Waals surface area contributed by atoms with Crippen molar-refractivity contribution in [3.8, 4) is 0 Å². The van der Waals surface area contributed by atoms with Gasteiger partial charge in [-0.25, -0.2) is 8.42 Å². The Bertz CT molecular complexity index is 1150. The van der Waals surface area contributed by atoms with Crippen LogP contribution in [0.5, 0.6) is 0 Å². The van der Waals surface area contributed by atoms with Crippen molar-refractivity contribution in [2.24, 2.45) is 0 Å². The number of nitrogens with zero attached hydrogens (tertiary/aromatic N) is 2. The highest BCUT2D eigenvalue weighted by molar-refractivity contribution is 7.89. The molecule has 0 aliphatic carbocycles. The second-order valence-corrected chi connectivity index (χ2v) is 9.62. The van der Waals surface area contributed by atoms with Crippen molar-refractivity contribution in [1.82, 2.24) is 9.21 Å². The summed E-state index contributed by atoms with van der Waals surface area (Å²) in [5, 5.41) is 2.81. The Morgan fingerprint density at radius 1 is 1.09 bits per heavy atom. The highest BCUT2D eigenvalue weighted by atomic mass is 32.2. The lowest BCUT2D eigenvalue weighted by molar-refractivity contribution is -0.129. The van der Waals surface area contributed by atoms with Crippen LogP contribution in [-0.2, 0) is 19.6 Å². The van der Waals surface area contributed by atoms with Crippen LogP contribution in [0.3, 0.4) is 0 Å². The summed E-state index contributed by atoms with van der Waals surface area (Å²) in [6.07, 6.45) is 3.60. The van der Waals surface area contributed by atoms with Gasteiger partial charge in [-0.1, -0.05) is 44.2 Å². The molecule has 1 atom stereocenters. The van der Waals surface area contributed by atoms with Gasteiger partial charge in [-0.2, -0.15) is 4.31 Å². The molecular formula is C24H29N3O4S. The van der Waals surface area contributed by atoms with E-state index in [0.29, 0.717) is 24.3 Å². The van der Waals surface area contributed by atoms with Gasteiger partial charge >= 0.3 is 0 Å².